The lowest BCUT2D eigenvalue weighted by Crippen LogP contribution is -2.26. The standard InChI is InChI=1S/C13H23N3O/c1-4-8-14-12-6-5-7-13(16-12)15-11(3)10(2)9-17/h5-7,10-11,17H,4,8-9H2,1-3H3,(H2,14,15,16). The molecule has 0 amide bonds. The summed E-state index contributed by atoms with van der Waals surface area (Å²) in [6, 6.07) is 6.08. The highest BCUT2D eigenvalue weighted by Gasteiger charge is 2.11. The van der Waals surface area contributed by atoms with Gasteiger partial charge in [0.15, 0.2) is 0 Å². The molecule has 4 heteroatoms. The lowest BCUT2D eigenvalue weighted by molar-refractivity contribution is 0.226. The molecule has 0 bridgehead atoms. The third kappa shape index (κ3) is 4.61. The minimum Gasteiger partial charge on any atom is -0.396 e. The fraction of sp³-hybridized carbons (Fsp3) is 0.615. The second kappa shape index (κ2) is 7.12. The van der Waals surface area contributed by atoms with Crippen molar-refractivity contribution in [3.63, 3.8) is 0 Å². The highest BCUT2D eigenvalue weighted by Crippen LogP contribution is 2.13. The SMILES string of the molecule is CCCNc1cccc(NC(C)C(C)CO)n1. The molecule has 1 rings (SSSR count). The number of hydrogen-bond acceptors (Lipinski definition) is 4. The van der Waals surface area contributed by atoms with Gasteiger partial charge in [-0.1, -0.05) is 19.9 Å². The molecule has 0 saturated carbocycles. The van der Waals surface area contributed by atoms with Gasteiger partial charge in [0.25, 0.3) is 0 Å². The van der Waals surface area contributed by atoms with Crippen LogP contribution in [0.4, 0.5) is 11.6 Å². The van der Waals surface area contributed by atoms with Crippen molar-refractivity contribution < 1.29 is 5.11 Å². The summed E-state index contributed by atoms with van der Waals surface area (Å²) in [6.45, 7) is 7.30. The Kier molecular flexibility index (Phi) is 5.77. The van der Waals surface area contributed by atoms with Crippen LogP contribution in [-0.2, 0) is 0 Å². The number of rotatable bonds is 7. The van der Waals surface area contributed by atoms with Gasteiger partial charge in [0, 0.05) is 19.2 Å². The quantitative estimate of drug-likeness (QED) is 0.681. The van der Waals surface area contributed by atoms with Crippen LogP contribution in [0.5, 0.6) is 0 Å². The minimum atomic E-state index is 0.182. The van der Waals surface area contributed by atoms with Crippen LogP contribution in [0.3, 0.4) is 0 Å². The summed E-state index contributed by atoms with van der Waals surface area (Å²) in [5, 5.41) is 15.6. The van der Waals surface area contributed by atoms with Crippen molar-refractivity contribution >= 4 is 11.6 Å². The second-order valence-corrected chi connectivity index (χ2v) is 4.43. The first-order chi connectivity index (χ1) is 8.17. The number of nitrogens with one attached hydrogen (secondary N) is 2. The summed E-state index contributed by atoms with van der Waals surface area (Å²) in [4.78, 5) is 4.46. The predicted octanol–water partition coefficient (Wildman–Crippen LogP) is 2.33. The zero-order valence-corrected chi connectivity index (χ0v) is 10.9. The van der Waals surface area contributed by atoms with Crippen LogP contribution in [0.25, 0.3) is 0 Å². The Morgan fingerprint density at radius 1 is 1.29 bits per heavy atom. The summed E-state index contributed by atoms with van der Waals surface area (Å²) in [5.74, 6) is 1.95. The van der Waals surface area contributed by atoms with Crippen LogP contribution in [-0.4, -0.2) is 29.3 Å². The normalized spacial score (nSPS) is 14.1. The molecule has 0 aromatic carbocycles. The fourth-order valence-electron chi connectivity index (χ4n) is 1.40. The van der Waals surface area contributed by atoms with E-state index >= 15 is 0 Å². The third-order valence-electron chi connectivity index (χ3n) is 2.82. The number of nitrogens with zero attached hydrogens (tertiary/aromatic N) is 1. The van der Waals surface area contributed by atoms with Crippen LogP contribution in [0.1, 0.15) is 27.2 Å². The molecule has 0 spiro atoms. The molecule has 1 heterocycles. The number of hydrogen-bond donors (Lipinski definition) is 3. The van der Waals surface area contributed by atoms with E-state index in [9.17, 15) is 0 Å². The largest absolute Gasteiger partial charge is 0.396 e. The zero-order valence-electron chi connectivity index (χ0n) is 10.9. The average Bonchev–Trinajstić information content (AvgIpc) is 2.35. The lowest BCUT2D eigenvalue weighted by atomic mass is 10.1. The molecule has 0 aliphatic rings. The van der Waals surface area contributed by atoms with E-state index in [4.69, 9.17) is 5.11 Å². The van der Waals surface area contributed by atoms with Crippen LogP contribution in [0.15, 0.2) is 18.2 Å². The van der Waals surface area contributed by atoms with Crippen LogP contribution in [0, 0.1) is 5.92 Å². The van der Waals surface area contributed by atoms with E-state index in [1.807, 2.05) is 25.1 Å². The van der Waals surface area contributed by atoms with E-state index in [1.165, 1.54) is 0 Å². The molecule has 0 radical (unpaired) electrons. The van der Waals surface area contributed by atoms with Crippen molar-refractivity contribution in [3.05, 3.63) is 18.2 Å². The van der Waals surface area contributed by atoms with E-state index in [0.717, 1.165) is 24.6 Å². The summed E-state index contributed by atoms with van der Waals surface area (Å²) < 4.78 is 0. The molecule has 4 nitrogen and oxygen atoms in total. The maximum absolute atomic E-state index is 9.08. The Morgan fingerprint density at radius 3 is 2.65 bits per heavy atom. The maximum Gasteiger partial charge on any atom is 0.128 e. The van der Waals surface area contributed by atoms with Crippen LogP contribution >= 0.6 is 0 Å². The van der Waals surface area contributed by atoms with Gasteiger partial charge in [-0.2, -0.15) is 0 Å². The van der Waals surface area contributed by atoms with E-state index in [0.29, 0.717) is 0 Å². The molecule has 2 unspecified atom stereocenters. The highest BCUT2D eigenvalue weighted by molar-refractivity contribution is 5.45. The van der Waals surface area contributed by atoms with Crippen molar-refractivity contribution in [3.8, 4) is 0 Å². The zero-order chi connectivity index (χ0) is 12.7. The van der Waals surface area contributed by atoms with Crippen molar-refractivity contribution in [2.75, 3.05) is 23.8 Å². The van der Waals surface area contributed by atoms with Crippen molar-refractivity contribution in [1.82, 2.24) is 4.98 Å². The molecule has 0 saturated heterocycles. The maximum atomic E-state index is 9.08. The number of aliphatic hydroxyl groups is 1. The predicted molar refractivity (Wildman–Crippen MR) is 72.4 cm³/mol. The van der Waals surface area contributed by atoms with E-state index in [1.54, 1.807) is 0 Å². The molecule has 96 valence electrons. The van der Waals surface area contributed by atoms with Gasteiger partial charge < -0.3 is 15.7 Å². The van der Waals surface area contributed by atoms with Crippen molar-refractivity contribution in [2.45, 2.75) is 33.2 Å². The molecular formula is C13H23N3O. The van der Waals surface area contributed by atoms with E-state index < -0.39 is 0 Å². The molecule has 17 heavy (non-hydrogen) atoms. The number of aromatic nitrogens is 1. The summed E-state index contributed by atoms with van der Waals surface area (Å²) in [6.07, 6.45) is 1.08. The van der Waals surface area contributed by atoms with Crippen molar-refractivity contribution in [1.29, 1.82) is 0 Å². The van der Waals surface area contributed by atoms with Gasteiger partial charge in [-0.15, -0.1) is 0 Å². The van der Waals surface area contributed by atoms with E-state index in [-0.39, 0.29) is 18.6 Å². The fourth-order valence-corrected chi connectivity index (χ4v) is 1.40. The topological polar surface area (TPSA) is 57.2 Å². The third-order valence-corrected chi connectivity index (χ3v) is 2.82. The van der Waals surface area contributed by atoms with Gasteiger partial charge in [0.2, 0.25) is 0 Å². The molecular weight excluding hydrogens is 214 g/mol. The number of aliphatic hydroxyl groups excluding tert-OH is 1. The number of anilines is 2. The first-order valence-electron chi connectivity index (χ1n) is 6.25. The summed E-state index contributed by atoms with van der Waals surface area (Å²) >= 11 is 0. The summed E-state index contributed by atoms with van der Waals surface area (Å²) in [5.41, 5.74) is 0. The smallest absolute Gasteiger partial charge is 0.128 e. The molecule has 0 fully saturated rings. The Labute approximate surface area is 103 Å². The van der Waals surface area contributed by atoms with Gasteiger partial charge in [-0.25, -0.2) is 4.98 Å². The Balaban J connectivity index is 2.58. The van der Waals surface area contributed by atoms with Gasteiger partial charge >= 0.3 is 0 Å². The average molecular weight is 237 g/mol. The molecule has 0 aliphatic carbocycles. The van der Waals surface area contributed by atoms with Gasteiger partial charge in [0.05, 0.1) is 0 Å². The van der Waals surface area contributed by atoms with Gasteiger partial charge in [-0.3, -0.25) is 0 Å². The Morgan fingerprint density at radius 2 is 2.00 bits per heavy atom. The Bertz CT molecular complexity index is 330. The monoisotopic (exact) mass is 237 g/mol. The second-order valence-electron chi connectivity index (χ2n) is 4.43. The molecule has 1 aromatic heterocycles. The van der Waals surface area contributed by atoms with Crippen LogP contribution in [0.2, 0.25) is 0 Å². The minimum absolute atomic E-state index is 0.182. The van der Waals surface area contributed by atoms with Gasteiger partial charge in [0.1, 0.15) is 11.6 Å². The van der Waals surface area contributed by atoms with Crippen LogP contribution < -0.4 is 10.6 Å². The van der Waals surface area contributed by atoms with Gasteiger partial charge in [-0.05, 0) is 31.4 Å². The Hall–Kier alpha value is -1.29. The van der Waals surface area contributed by atoms with E-state index in [2.05, 4.69) is 29.5 Å². The lowest BCUT2D eigenvalue weighted by Gasteiger charge is -2.20. The summed E-state index contributed by atoms with van der Waals surface area (Å²) in [7, 11) is 0. The molecule has 3 N–H and O–H groups in total. The first kappa shape index (κ1) is 13.8. The number of pyridine rings is 1. The highest BCUT2D eigenvalue weighted by atomic mass is 16.3. The van der Waals surface area contributed by atoms with Crippen molar-refractivity contribution in [2.24, 2.45) is 5.92 Å². The first-order valence-corrected chi connectivity index (χ1v) is 6.25. The molecule has 2 atom stereocenters. The molecule has 0 aliphatic heterocycles. The molecule has 1 aromatic rings.